The number of hydrogen-bond donors (Lipinski definition) is 1. The van der Waals surface area contributed by atoms with Gasteiger partial charge in [-0.25, -0.2) is 4.39 Å². The van der Waals surface area contributed by atoms with Crippen LogP contribution in [0.4, 0.5) is 23.2 Å². The van der Waals surface area contributed by atoms with Crippen LogP contribution < -0.4 is 10.5 Å². The lowest BCUT2D eigenvalue weighted by Gasteiger charge is -2.38. The summed E-state index contributed by atoms with van der Waals surface area (Å²) in [6, 6.07) is 9.61. The summed E-state index contributed by atoms with van der Waals surface area (Å²) in [6.45, 7) is 0.745. The third-order valence-corrected chi connectivity index (χ3v) is 4.29. The number of nitrogen functional groups attached to an aromatic ring is 1. The van der Waals surface area contributed by atoms with Crippen molar-refractivity contribution in [2.24, 2.45) is 0 Å². The summed E-state index contributed by atoms with van der Waals surface area (Å²) in [5, 5.41) is 0. The van der Waals surface area contributed by atoms with Crippen LogP contribution in [-0.2, 0) is 16.5 Å². The van der Waals surface area contributed by atoms with Crippen molar-refractivity contribution in [2.45, 2.75) is 24.6 Å². The van der Waals surface area contributed by atoms with Crippen LogP contribution in [0, 0.1) is 5.82 Å². The molecule has 2 aromatic carbocycles. The zero-order chi connectivity index (χ0) is 18.1. The van der Waals surface area contributed by atoms with Crippen LogP contribution in [0.25, 0.3) is 0 Å². The maximum Gasteiger partial charge on any atom is 0.419 e. The Kier molecular flexibility index (Phi) is 4.60. The highest BCUT2D eigenvalue weighted by atomic mass is 19.4. The van der Waals surface area contributed by atoms with Gasteiger partial charge in [-0.2, -0.15) is 13.2 Å². The Bertz CT molecular complexity index is 738. The number of rotatable bonds is 3. The molecule has 25 heavy (non-hydrogen) atoms. The molecular weight excluding hydrogens is 338 g/mol. The topological polar surface area (TPSA) is 44.5 Å². The van der Waals surface area contributed by atoms with Crippen LogP contribution in [0.15, 0.2) is 42.5 Å². The summed E-state index contributed by atoms with van der Waals surface area (Å²) < 4.78 is 63.9. The lowest BCUT2D eigenvalue weighted by molar-refractivity contribution is -0.140. The number of hydrogen-bond acceptors (Lipinski definition) is 3. The minimum absolute atomic E-state index is 0.359. The second kappa shape index (κ2) is 6.55. The Morgan fingerprint density at radius 2 is 1.64 bits per heavy atom. The van der Waals surface area contributed by atoms with E-state index in [0.717, 1.165) is 12.1 Å². The lowest BCUT2D eigenvalue weighted by Crippen LogP contribution is -2.39. The molecule has 0 atom stereocenters. The molecule has 0 spiro atoms. The molecule has 134 valence electrons. The summed E-state index contributed by atoms with van der Waals surface area (Å²) in [4.78, 5) is 0. The SMILES string of the molecule is Nc1ccc(OC2(c3ccc(C(F)(F)F)c(F)c3)CCOCC2)cc1. The van der Waals surface area contributed by atoms with E-state index in [4.69, 9.17) is 15.2 Å². The minimum atomic E-state index is -4.73. The molecule has 2 N–H and O–H groups in total. The summed E-state index contributed by atoms with van der Waals surface area (Å²) in [7, 11) is 0. The smallest absolute Gasteiger partial charge is 0.419 e. The van der Waals surface area contributed by atoms with Gasteiger partial charge in [0.2, 0.25) is 0 Å². The van der Waals surface area contributed by atoms with Crippen molar-refractivity contribution in [1.82, 2.24) is 0 Å². The first-order valence-corrected chi connectivity index (χ1v) is 7.80. The minimum Gasteiger partial charge on any atom is -0.482 e. The van der Waals surface area contributed by atoms with Gasteiger partial charge in [0.1, 0.15) is 17.2 Å². The van der Waals surface area contributed by atoms with E-state index in [-0.39, 0.29) is 0 Å². The maximum atomic E-state index is 14.0. The van der Waals surface area contributed by atoms with Crippen molar-refractivity contribution in [3.05, 3.63) is 59.4 Å². The third kappa shape index (κ3) is 3.71. The summed E-state index contributed by atoms with van der Waals surface area (Å²) in [6.07, 6.45) is -3.92. The zero-order valence-electron chi connectivity index (χ0n) is 13.3. The first-order chi connectivity index (χ1) is 11.8. The lowest BCUT2D eigenvalue weighted by atomic mass is 9.85. The molecule has 1 aliphatic heterocycles. The molecule has 1 fully saturated rings. The fourth-order valence-corrected chi connectivity index (χ4v) is 2.94. The van der Waals surface area contributed by atoms with Crippen molar-refractivity contribution in [2.75, 3.05) is 18.9 Å². The Labute approximate surface area is 142 Å². The van der Waals surface area contributed by atoms with Crippen LogP contribution >= 0.6 is 0 Å². The van der Waals surface area contributed by atoms with Gasteiger partial charge in [0.15, 0.2) is 0 Å². The van der Waals surface area contributed by atoms with Crippen molar-refractivity contribution >= 4 is 5.69 Å². The van der Waals surface area contributed by atoms with E-state index in [0.29, 0.717) is 43.1 Å². The van der Waals surface area contributed by atoms with Gasteiger partial charge in [0.05, 0.1) is 18.8 Å². The average molecular weight is 355 g/mol. The van der Waals surface area contributed by atoms with Crippen molar-refractivity contribution in [1.29, 1.82) is 0 Å². The first kappa shape index (κ1) is 17.5. The van der Waals surface area contributed by atoms with Crippen molar-refractivity contribution in [3.8, 4) is 5.75 Å². The van der Waals surface area contributed by atoms with Gasteiger partial charge in [-0.15, -0.1) is 0 Å². The molecule has 7 heteroatoms. The molecule has 3 rings (SSSR count). The van der Waals surface area contributed by atoms with Gasteiger partial charge in [0, 0.05) is 18.5 Å². The Morgan fingerprint density at radius 1 is 1.00 bits per heavy atom. The third-order valence-electron chi connectivity index (χ3n) is 4.29. The van der Waals surface area contributed by atoms with Gasteiger partial charge in [-0.3, -0.25) is 0 Å². The molecule has 0 saturated carbocycles. The second-order valence-corrected chi connectivity index (χ2v) is 5.97. The van der Waals surface area contributed by atoms with Gasteiger partial charge in [-0.1, -0.05) is 6.07 Å². The van der Waals surface area contributed by atoms with E-state index in [9.17, 15) is 17.6 Å². The summed E-state index contributed by atoms with van der Waals surface area (Å²) in [5.74, 6) is -0.798. The highest BCUT2D eigenvalue weighted by molar-refractivity contribution is 5.42. The fraction of sp³-hybridized carbons (Fsp3) is 0.333. The van der Waals surface area contributed by atoms with E-state index in [1.807, 2.05) is 0 Å². The number of benzene rings is 2. The molecule has 3 nitrogen and oxygen atoms in total. The van der Waals surface area contributed by atoms with E-state index in [2.05, 4.69) is 0 Å². The van der Waals surface area contributed by atoms with Crippen molar-refractivity contribution in [3.63, 3.8) is 0 Å². The summed E-state index contributed by atoms with van der Waals surface area (Å²) in [5.41, 5.74) is 4.34. The Balaban J connectivity index is 1.98. The van der Waals surface area contributed by atoms with Crippen LogP contribution in [-0.4, -0.2) is 13.2 Å². The van der Waals surface area contributed by atoms with Crippen molar-refractivity contribution < 1.29 is 27.0 Å². The molecule has 1 aliphatic rings. The predicted octanol–water partition coefficient (Wildman–Crippen LogP) is 4.51. The van der Waals surface area contributed by atoms with E-state index >= 15 is 0 Å². The predicted molar refractivity (Wildman–Crippen MR) is 84.6 cm³/mol. The fourth-order valence-electron chi connectivity index (χ4n) is 2.94. The molecule has 0 unspecified atom stereocenters. The van der Waals surface area contributed by atoms with Gasteiger partial charge < -0.3 is 15.2 Å². The van der Waals surface area contributed by atoms with Crippen LogP contribution in [0.5, 0.6) is 5.75 Å². The molecule has 0 radical (unpaired) electrons. The zero-order valence-corrected chi connectivity index (χ0v) is 13.3. The molecule has 0 aliphatic carbocycles. The average Bonchev–Trinajstić information content (AvgIpc) is 2.56. The van der Waals surface area contributed by atoms with E-state index in [1.54, 1.807) is 24.3 Å². The monoisotopic (exact) mass is 355 g/mol. The highest BCUT2D eigenvalue weighted by Crippen LogP contribution is 2.40. The molecule has 2 aromatic rings. The van der Waals surface area contributed by atoms with E-state index < -0.39 is 23.2 Å². The first-order valence-electron chi connectivity index (χ1n) is 7.80. The highest BCUT2D eigenvalue weighted by Gasteiger charge is 2.40. The van der Waals surface area contributed by atoms with Crippen LogP contribution in [0.3, 0.4) is 0 Å². The van der Waals surface area contributed by atoms with Crippen LogP contribution in [0.2, 0.25) is 0 Å². The number of ether oxygens (including phenoxy) is 2. The van der Waals surface area contributed by atoms with Gasteiger partial charge in [-0.05, 0) is 42.0 Å². The largest absolute Gasteiger partial charge is 0.482 e. The number of nitrogens with two attached hydrogens (primary N) is 1. The number of anilines is 1. The second-order valence-electron chi connectivity index (χ2n) is 5.97. The molecule has 0 aromatic heterocycles. The van der Waals surface area contributed by atoms with Gasteiger partial charge >= 0.3 is 6.18 Å². The Morgan fingerprint density at radius 3 is 2.20 bits per heavy atom. The molecular formula is C18H17F4NO2. The van der Waals surface area contributed by atoms with Crippen LogP contribution in [0.1, 0.15) is 24.0 Å². The van der Waals surface area contributed by atoms with E-state index in [1.165, 1.54) is 6.07 Å². The van der Waals surface area contributed by atoms with Gasteiger partial charge in [0.25, 0.3) is 0 Å². The standard InChI is InChI=1S/C18H17F4NO2/c19-16-11-12(1-6-15(16)18(20,21)22)17(7-9-24-10-8-17)25-14-4-2-13(23)3-5-14/h1-6,11H,7-10,23H2. The molecule has 1 heterocycles. The maximum absolute atomic E-state index is 14.0. The molecule has 0 amide bonds. The Hall–Kier alpha value is -2.28. The molecule has 0 bridgehead atoms. The molecule has 1 saturated heterocycles. The summed E-state index contributed by atoms with van der Waals surface area (Å²) >= 11 is 0. The quantitative estimate of drug-likeness (QED) is 0.651. The normalized spacial score (nSPS) is 17.3. The number of alkyl halides is 3. The number of halogens is 4.